The molecule has 2 aromatic rings. The molecule has 0 atom stereocenters. The van der Waals surface area contributed by atoms with Crippen molar-refractivity contribution in [2.75, 3.05) is 10.6 Å². The van der Waals surface area contributed by atoms with E-state index in [0.29, 0.717) is 16.1 Å². The number of nitrogens with zero attached hydrogens (tertiary/aromatic N) is 2. The minimum atomic E-state index is -0.371. The molecule has 6 nitrogen and oxygen atoms in total. The fraction of sp³-hybridized carbons (Fsp3) is 0.125. The maximum absolute atomic E-state index is 11.8. The summed E-state index contributed by atoms with van der Waals surface area (Å²) in [4.78, 5) is 32.2. The highest BCUT2D eigenvalue weighted by Gasteiger charge is 2.13. The minimum Gasteiger partial charge on any atom is -0.304 e. The van der Waals surface area contributed by atoms with Crippen molar-refractivity contribution in [2.45, 2.75) is 13.8 Å². The van der Waals surface area contributed by atoms with Crippen LogP contribution in [-0.2, 0) is 9.59 Å². The van der Waals surface area contributed by atoms with Gasteiger partial charge in [0, 0.05) is 5.02 Å². The van der Waals surface area contributed by atoms with Gasteiger partial charge in [0.25, 0.3) is 0 Å². The van der Waals surface area contributed by atoms with Crippen LogP contribution in [0, 0.1) is 0 Å². The predicted octanol–water partition coefficient (Wildman–Crippen LogP) is 3.31. The fourth-order valence-corrected chi connectivity index (χ4v) is 1.99. The van der Waals surface area contributed by atoms with Gasteiger partial charge in [0.2, 0.25) is 11.8 Å². The van der Waals surface area contributed by atoms with Gasteiger partial charge < -0.3 is 10.6 Å². The first kappa shape index (κ1) is 16.6. The number of halogens is 1. The molecule has 0 saturated carbocycles. The quantitative estimate of drug-likeness (QED) is 0.842. The van der Waals surface area contributed by atoms with Gasteiger partial charge in [-0.3, -0.25) is 9.59 Å². The number of carbonyl (C=O) groups is 2. The Morgan fingerprint density at radius 3 is 2.00 bits per heavy atom. The highest BCUT2D eigenvalue weighted by molar-refractivity contribution is 6.31. The van der Waals surface area contributed by atoms with Gasteiger partial charge >= 0.3 is 0 Å². The van der Waals surface area contributed by atoms with Crippen LogP contribution in [0.15, 0.2) is 42.5 Å². The summed E-state index contributed by atoms with van der Waals surface area (Å²) in [6.45, 7) is 3.45. The third-order valence-corrected chi connectivity index (χ3v) is 2.98. The summed E-state index contributed by atoms with van der Waals surface area (Å²) >= 11 is 5.95. The van der Waals surface area contributed by atoms with Crippen molar-refractivity contribution >= 4 is 46.1 Å². The van der Waals surface area contributed by atoms with Crippen LogP contribution in [0.2, 0.25) is 5.02 Å². The Balaban J connectivity index is 2.49. The molecule has 2 rings (SSSR count). The number of rotatable bonds is 4. The zero-order chi connectivity index (χ0) is 16.8. The average Bonchev–Trinajstić information content (AvgIpc) is 2.48. The molecule has 0 bridgehead atoms. The second kappa shape index (κ2) is 7.51. The Labute approximate surface area is 138 Å². The molecule has 7 heteroatoms. The van der Waals surface area contributed by atoms with Crippen molar-refractivity contribution in [2.24, 2.45) is 0 Å². The number of allylic oxidation sites excluding steroid dienone is 2. The summed E-state index contributed by atoms with van der Waals surface area (Å²) < 4.78 is 0. The molecule has 0 unspecified atom stereocenters. The molecule has 2 amide bonds. The van der Waals surface area contributed by atoms with E-state index in [4.69, 9.17) is 11.6 Å². The van der Waals surface area contributed by atoms with E-state index in [1.54, 1.807) is 44.2 Å². The van der Waals surface area contributed by atoms with E-state index in [2.05, 4.69) is 20.6 Å². The maximum atomic E-state index is 11.8. The Kier molecular flexibility index (Phi) is 5.43. The van der Waals surface area contributed by atoms with Crippen molar-refractivity contribution < 1.29 is 9.59 Å². The average molecular weight is 331 g/mol. The maximum Gasteiger partial charge on any atom is 0.249 e. The molecule has 1 heterocycles. The highest BCUT2D eigenvalue weighted by Crippen LogP contribution is 2.23. The lowest BCUT2D eigenvalue weighted by Crippen LogP contribution is -2.16. The molecule has 23 heavy (non-hydrogen) atoms. The van der Waals surface area contributed by atoms with Crippen LogP contribution >= 0.6 is 11.6 Å². The van der Waals surface area contributed by atoms with E-state index >= 15 is 0 Å². The summed E-state index contributed by atoms with van der Waals surface area (Å²) in [7, 11) is 0. The highest BCUT2D eigenvalue weighted by atomic mass is 35.5. The summed E-state index contributed by atoms with van der Waals surface area (Å²) in [6, 6.07) is 4.99. The van der Waals surface area contributed by atoms with Crippen LogP contribution in [-0.4, -0.2) is 21.8 Å². The third kappa shape index (κ3) is 4.37. The normalized spacial score (nSPS) is 11.3. The number of hydrogen-bond donors (Lipinski definition) is 2. The Bertz CT molecular complexity index is 815. The first-order valence-electron chi connectivity index (χ1n) is 6.88. The van der Waals surface area contributed by atoms with Crippen molar-refractivity contribution in [3.63, 3.8) is 0 Å². The van der Waals surface area contributed by atoms with Gasteiger partial charge in [-0.2, -0.15) is 0 Å². The zero-order valence-electron chi connectivity index (χ0n) is 12.6. The number of amides is 2. The van der Waals surface area contributed by atoms with Crippen LogP contribution in [0.1, 0.15) is 13.8 Å². The van der Waals surface area contributed by atoms with Crippen LogP contribution in [0.25, 0.3) is 11.0 Å². The molecule has 0 saturated heterocycles. The van der Waals surface area contributed by atoms with Gasteiger partial charge in [0.15, 0.2) is 11.6 Å². The van der Waals surface area contributed by atoms with E-state index in [1.165, 1.54) is 12.2 Å². The molecule has 0 aliphatic heterocycles. The summed E-state index contributed by atoms with van der Waals surface area (Å²) in [6.07, 6.45) is 5.90. The molecule has 1 aromatic carbocycles. The Morgan fingerprint density at radius 1 is 0.957 bits per heavy atom. The number of hydrogen-bond acceptors (Lipinski definition) is 4. The first-order valence-corrected chi connectivity index (χ1v) is 7.26. The van der Waals surface area contributed by atoms with Gasteiger partial charge in [-0.25, -0.2) is 9.97 Å². The van der Waals surface area contributed by atoms with Crippen LogP contribution < -0.4 is 10.6 Å². The molecule has 0 aliphatic rings. The van der Waals surface area contributed by atoms with Crippen molar-refractivity contribution in [1.82, 2.24) is 9.97 Å². The van der Waals surface area contributed by atoms with E-state index in [0.717, 1.165) is 0 Å². The van der Waals surface area contributed by atoms with E-state index in [-0.39, 0.29) is 23.5 Å². The molecule has 118 valence electrons. The first-order chi connectivity index (χ1) is 11.0. The van der Waals surface area contributed by atoms with Crippen LogP contribution in [0.5, 0.6) is 0 Å². The van der Waals surface area contributed by atoms with Gasteiger partial charge in [-0.05, 0) is 44.2 Å². The molecule has 2 N–H and O–H groups in total. The van der Waals surface area contributed by atoms with E-state index < -0.39 is 0 Å². The zero-order valence-corrected chi connectivity index (χ0v) is 13.4. The summed E-state index contributed by atoms with van der Waals surface area (Å²) in [5, 5.41) is 5.69. The summed E-state index contributed by atoms with van der Waals surface area (Å²) in [5.41, 5.74) is 1.06. The minimum absolute atomic E-state index is 0.153. The Morgan fingerprint density at radius 2 is 1.48 bits per heavy atom. The third-order valence-electron chi connectivity index (χ3n) is 2.75. The molecule has 0 radical (unpaired) electrons. The van der Waals surface area contributed by atoms with Gasteiger partial charge in [-0.1, -0.05) is 23.8 Å². The van der Waals surface area contributed by atoms with Crippen LogP contribution in [0.3, 0.4) is 0 Å². The number of nitrogens with one attached hydrogen (secondary N) is 2. The van der Waals surface area contributed by atoms with E-state index in [1.807, 2.05) is 0 Å². The summed E-state index contributed by atoms with van der Waals surface area (Å²) in [5.74, 6) is -0.414. The SMILES string of the molecule is CC=CC(=O)Nc1nc2ccc(Cl)cc2nc1NC(=O)C=CC. The topological polar surface area (TPSA) is 84.0 Å². The second-order valence-electron chi connectivity index (χ2n) is 4.53. The lowest BCUT2D eigenvalue weighted by atomic mass is 10.3. The number of aromatic nitrogens is 2. The largest absolute Gasteiger partial charge is 0.304 e. The van der Waals surface area contributed by atoms with Crippen molar-refractivity contribution in [3.8, 4) is 0 Å². The van der Waals surface area contributed by atoms with Crippen LogP contribution in [0.4, 0.5) is 11.6 Å². The smallest absolute Gasteiger partial charge is 0.249 e. The molecule has 0 fully saturated rings. The fourth-order valence-electron chi connectivity index (χ4n) is 1.82. The molecule has 1 aromatic heterocycles. The molecular formula is C16H15ClN4O2. The Hall–Kier alpha value is -2.73. The van der Waals surface area contributed by atoms with Gasteiger partial charge in [0.1, 0.15) is 0 Å². The van der Waals surface area contributed by atoms with Crippen molar-refractivity contribution in [3.05, 3.63) is 47.5 Å². The molecule has 0 spiro atoms. The number of fused-ring (bicyclic) bond motifs is 1. The number of anilines is 2. The molecular weight excluding hydrogens is 316 g/mol. The lowest BCUT2D eigenvalue weighted by molar-refractivity contribution is -0.112. The standard InChI is InChI=1S/C16H15ClN4O2/c1-3-5-13(22)20-15-16(21-14(23)6-4-2)19-12-9-10(17)7-8-11(12)18-15/h3-9H,1-2H3,(H,18,20,22)(H,19,21,23). The monoisotopic (exact) mass is 330 g/mol. The second-order valence-corrected chi connectivity index (χ2v) is 4.97. The number of carbonyl (C=O) groups excluding carboxylic acids is 2. The van der Waals surface area contributed by atoms with Gasteiger partial charge in [0.05, 0.1) is 11.0 Å². The number of benzene rings is 1. The van der Waals surface area contributed by atoms with Crippen molar-refractivity contribution in [1.29, 1.82) is 0 Å². The lowest BCUT2D eigenvalue weighted by Gasteiger charge is -2.10. The van der Waals surface area contributed by atoms with E-state index in [9.17, 15) is 9.59 Å². The molecule has 0 aliphatic carbocycles. The predicted molar refractivity (Wildman–Crippen MR) is 91.4 cm³/mol. The van der Waals surface area contributed by atoms with Gasteiger partial charge in [-0.15, -0.1) is 0 Å².